The van der Waals surface area contributed by atoms with E-state index in [2.05, 4.69) is 8.75 Å². The van der Waals surface area contributed by atoms with Crippen molar-refractivity contribution in [3.63, 3.8) is 0 Å². The first-order valence-electron chi connectivity index (χ1n) is 6.53. The van der Waals surface area contributed by atoms with Gasteiger partial charge in [0.15, 0.2) is 11.5 Å². The monoisotopic (exact) mass is 328 g/mol. The summed E-state index contributed by atoms with van der Waals surface area (Å²) in [6.45, 7) is 0. The van der Waals surface area contributed by atoms with Gasteiger partial charge in [-0.2, -0.15) is 8.75 Å². The fourth-order valence-corrected chi connectivity index (χ4v) is 2.26. The van der Waals surface area contributed by atoms with Crippen LogP contribution in [0.25, 0.3) is 0 Å². The van der Waals surface area contributed by atoms with Crippen LogP contribution >= 0.6 is 11.7 Å². The third-order valence-corrected chi connectivity index (χ3v) is 3.48. The number of rotatable bonds is 4. The minimum Gasteiger partial charge on any atom is -0.422 e. The summed E-state index contributed by atoms with van der Waals surface area (Å²) in [4.78, 5) is 24.0. The Morgan fingerprint density at radius 1 is 0.957 bits per heavy atom. The Hall–Kier alpha value is -2.93. The lowest BCUT2D eigenvalue weighted by atomic mass is 10.0. The van der Waals surface area contributed by atoms with Crippen LogP contribution in [-0.4, -0.2) is 20.5 Å². The van der Waals surface area contributed by atoms with Crippen LogP contribution in [0.4, 0.5) is 4.39 Å². The predicted molar refractivity (Wildman–Crippen MR) is 81.1 cm³/mol. The molecule has 0 unspecified atom stereocenters. The van der Waals surface area contributed by atoms with Crippen molar-refractivity contribution in [1.29, 1.82) is 0 Å². The van der Waals surface area contributed by atoms with Gasteiger partial charge in [0.1, 0.15) is 11.6 Å². The third-order valence-electron chi connectivity index (χ3n) is 3.00. The number of ketones is 1. The molecule has 0 bridgehead atoms. The lowest BCUT2D eigenvalue weighted by Crippen LogP contribution is -2.09. The van der Waals surface area contributed by atoms with Crippen molar-refractivity contribution in [1.82, 2.24) is 8.75 Å². The number of benzene rings is 2. The molecule has 0 saturated carbocycles. The van der Waals surface area contributed by atoms with E-state index in [0.29, 0.717) is 16.9 Å². The number of aromatic nitrogens is 2. The molecule has 0 saturated heterocycles. The van der Waals surface area contributed by atoms with Gasteiger partial charge in [-0.1, -0.05) is 0 Å². The van der Waals surface area contributed by atoms with E-state index in [-0.39, 0.29) is 11.5 Å². The fourth-order valence-electron chi connectivity index (χ4n) is 1.86. The van der Waals surface area contributed by atoms with E-state index in [1.807, 2.05) is 0 Å². The minimum atomic E-state index is -0.614. The van der Waals surface area contributed by atoms with Crippen molar-refractivity contribution in [3.8, 4) is 5.75 Å². The van der Waals surface area contributed by atoms with Crippen molar-refractivity contribution in [3.05, 3.63) is 77.4 Å². The molecule has 1 aromatic heterocycles. The molecule has 5 nitrogen and oxygen atoms in total. The highest BCUT2D eigenvalue weighted by atomic mass is 32.1. The lowest BCUT2D eigenvalue weighted by molar-refractivity contribution is 0.0729. The van der Waals surface area contributed by atoms with Gasteiger partial charge in [-0.3, -0.25) is 4.79 Å². The average Bonchev–Trinajstić information content (AvgIpc) is 3.10. The second-order valence-electron chi connectivity index (χ2n) is 4.54. The standard InChI is InChI=1S/C16H9FN2O3S/c17-12-5-1-10(2-6-12)15(20)11-3-7-13(8-4-11)22-16(21)14-9-18-23-19-14/h1-9H. The Balaban J connectivity index is 1.73. The minimum absolute atomic E-state index is 0.126. The van der Waals surface area contributed by atoms with Crippen LogP contribution in [0.1, 0.15) is 26.4 Å². The topological polar surface area (TPSA) is 69.2 Å². The van der Waals surface area contributed by atoms with E-state index in [4.69, 9.17) is 4.74 Å². The Morgan fingerprint density at radius 3 is 2.13 bits per heavy atom. The summed E-state index contributed by atoms with van der Waals surface area (Å²) in [5.74, 6) is -0.970. The molecule has 0 aliphatic heterocycles. The highest BCUT2D eigenvalue weighted by Crippen LogP contribution is 2.17. The van der Waals surface area contributed by atoms with Gasteiger partial charge < -0.3 is 4.74 Å². The first kappa shape index (κ1) is 15.0. The zero-order valence-corrected chi connectivity index (χ0v) is 12.4. The normalized spacial score (nSPS) is 10.3. The van der Waals surface area contributed by atoms with Crippen molar-refractivity contribution >= 4 is 23.5 Å². The molecule has 0 N–H and O–H groups in total. The van der Waals surface area contributed by atoms with Gasteiger partial charge in [-0.05, 0) is 48.5 Å². The first-order valence-corrected chi connectivity index (χ1v) is 7.26. The van der Waals surface area contributed by atoms with Crippen molar-refractivity contribution in [2.24, 2.45) is 0 Å². The summed E-state index contributed by atoms with van der Waals surface area (Å²) in [5.41, 5.74) is 0.915. The zero-order chi connectivity index (χ0) is 16.2. The number of ether oxygens (including phenoxy) is 1. The number of halogens is 1. The SMILES string of the molecule is O=C(c1ccc(F)cc1)c1ccc(OC(=O)c2cnsn2)cc1. The maximum Gasteiger partial charge on any atom is 0.365 e. The second kappa shape index (κ2) is 6.45. The van der Waals surface area contributed by atoms with Gasteiger partial charge in [-0.25, -0.2) is 9.18 Å². The molecule has 0 atom stereocenters. The highest BCUT2D eigenvalue weighted by Gasteiger charge is 2.13. The number of hydrogen-bond acceptors (Lipinski definition) is 6. The first-order chi connectivity index (χ1) is 11.1. The molecule has 114 valence electrons. The molecule has 1 heterocycles. The van der Waals surface area contributed by atoms with Crippen LogP contribution < -0.4 is 4.74 Å². The molecule has 0 aliphatic rings. The summed E-state index contributed by atoms with van der Waals surface area (Å²) in [6, 6.07) is 11.4. The molecule has 0 spiro atoms. The quantitative estimate of drug-likeness (QED) is 0.418. The van der Waals surface area contributed by atoms with E-state index < -0.39 is 11.8 Å². The van der Waals surface area contributed by atoms with Crippen LogP contribution in [0.2, 0.25) is 0 Å². The van der Waals surface area contributed by atoms with Gasteiger partial charge in [-0.15, -0.1) is 0 Å². The van der Waals surface area contributed by atoms with Crippen LogP contribution in [0.5, 0.6) is 5.75 Å². The lowest BCUT2D eigenvalue weighted by Gasteiger charge is -2.04. The van der Waals surface area contributed by atoms with E-state index in [0.717, 1.165) is 11.7 Å². The van der Waals surface area contributed by atoms with E-state index in [1.165, 1.54) is 54.7 Å². The van der Waals surface area contributed by atoms with E-state index in [1.54, 1.807) is 0 Å². The number of carbonyl (C=O) groups excluding carboxylic acids is 2. The second-order valence-corrected chi connectivity index (χ2v) is 5.10. The molecule has 0 aliphatic carbocycles. The zero-order valence-electron chi connectivity index (χ0n) is 11.6. The molecule has 0 amide bonds. The fraction of sp³-hybridized carbons (Fsp3) is 0. The Bertz CT molecular complexity index is 831. The molecule has 7 heteroatoms. The average molecular weight is 328 g/mol. The molecule has 3 rings (SSSR count). The number of nitrogens with zero attached hydrogens (tertiary/aromatic N) is 2. The predicted octanol–water partition coefficient (Wildman–Crippen LogP) is 3.13. The maximum atomic E-state index is 12.9. The highest BCUT2D eigenvalue weighted by molar-refractivity contribution is 6.99. The Labute approximate surface area is 134 Å². The molecule has 3 aromatic rings. The smallest absolute Gasteiger partial charge is 0.365 e. The summed E-state index contributed by atoms with van der Waals surface area (Å²) >= 11 is 0.911. The maximum absolute atomic E-state index is 12.9. The Kier molecular flexibility index (Phi) is 4.20. The third kappa shape index (κ3) is 3.46. The van der Waals surface area contributed by atoms with Crippen molar-refractivity contribution in [2.45, 2.75) is 0 Å². The van der Waals surface area contributed by atoms with Gasteiger partial charge in [0.05, 0.1) is 17.9 Å². The molecule has 0 radical (unpaired) electrons. The van der Waals surface area contributed by atoms with Gasteiger partial charge >= 0.3 is 5.97 Å². The van der Waals surface area contributed by atoms with Crippen LogP contribution in [0.3, 0.4) is 0 Å². The molecule has 0 fully saturated rings. The summed E-state index contributed by atoms with van der Waals surface area (Å²) in [6.07, 6.45) is 1.32. The molecular formula is C16H9FN2O3S. The Morgan fingerprint density at radius 2 is 1.57 bits per heavy atom. The van der Waals surface area contributed by atoms with Crippen LogP contribution in [0, 0.1) is 5.82 Å². The summed E-state index contributed by atoms with van der Waals surface area (Å²) < 4.78 is 25.5. The number of hydrogen-bond donors (Lipinski definition) is 0. The van der Waals surface area contributed by atoms with Gasteiger partial charge in [0.2, 0.25) is 0 Å². The van der Waals surface area contributed by atoms with E-state index >= 15 is 0 Å². The van der Waals surface area contributed by atoms with Gasteiger partial charge in [0.25, 0.3) is 0 Å². The van der Waals surface area contributed by atoms with E-state index in [9.17, 15) is 14.0 Å². The van der Waals surface area contributed by atoms with Crippen molar-refractivity contribution < 1.29 is 18.7 Å². The summed E-state index contributed by atoms with van der Waals surface area (Å²) in [5, 5.41) is 0. The van der Waals surface area contributed by atoms with Crippen LogP contribution in [0.15, 0.2) is 54.7 Å². The largest absolute Gasteiger partial charge is 0.422 e. The molecule has 2 aromatic carbocycles. The number of carbonyl (C=O) groups is 2. The molecule has 23 heavy (non-hydrogen) atoms. The van der Waals surface area contributed by atoms with Crippen molar-refractivity contribution in [2.75, 3.05) is 0 Å². The van der Waals surface area contributed by atoms with Crippen LogP contribution in [-0.2, 0) is 0 Å². The molecular weight excluding hydrogens is 319 g/mol. The number of esters is 1. The van der Waals surface area contributed by atoms with Gasteiger partial charge in [0, 0.05) is 11.1 Å². The summed E-state index contributed by atoms with van der Waals surface area (Å²) in [7, 11) is 0.